The maximum Gasteiger partial charge on any atom is 0.230 e. The Morgan fingerprint density at radius 3 is 2.78 bits per heavy atom. The molecule has 0 amide bonds. The van der Waals surface area contributed by atoms with E-state index in [1.54, 1.807) is 6.33 Å². The molecule has 27 heavy (non-hydrogen) atoms. The summed E-state index contributed by atoms with van der Waals surface area (Å²) < 4.78 is 6.07. The van der Waals surface area contributed by atoms with Crippen molar-refractivity contribution in [3.63, 3.8) is 0 Å². The van der Waals surface area contributed by atoms with E-state index in [-0.39, 0.29) is 5.60 Å². The van der Waals surface area contributed by atoms with Crippen molar-refractivity contribution in [2.75, 3.05) is 31.6 Å². The number of benzene rings is 1. The van der Waals surface area contributed by atoms with Crippen molar-refractivity contribution < 1.29 is 10.1 Å². The van der Waals surface area contributed by atoms with Gasteiger partial charge in [-0.2, -0.15) is 0 Å². The third-order valence-corrected chi connectivity index (χ3v) is 5.68. The molecule has 6 heteroatoms. The van der Waals surface area contributed by atoms with Crippen molar-refractivity contribution in [1.29, 1.82) is 0 Å². The number of piperazine rings is 1. The van der Waals surface area contributed by atoms with Crippen molar-refractivity contribution in [2.45, 2.75) is 38.3 Å². The summed E-state index contributed by atoms with van der Waals surface area (Å²) in [5.41, 5.74) is 2.31. The second kappa shape index (κ2) is 6.93. The van der Waals surface area contributed by atoms with Gasteiger partial charge in [0, 0.05) is 31.7 Å². The van der Waals surface area contributed by atoms with Crippen molar-refractivity contribution in [2.24, 2.45) is 0 Å². The number of anilines is 1. The monoisotopic (exact) mass is 366 g/mol. The van der Waals surface area contributed by atoms with E-state index in [9.17, 15) is 0 Å². The summed E-state index contributed by atoms with van der Waals surface area (Å²) in [6.07, 6.45) is 3.82. The number of ether oxygens (including phenoxy) is 1. The average molecular weight is 366 g/mol. The van der Waals surface area contributed by atoms with Gasteiger partial charge in [-0.25, -0.2) is 9.97 Å². The van der Waals surface area contributed by atoms with Crippen LogP contribution in [0.5, 0.6) is 5.75 Å². The van der Waals surface area contributed by atoms with E-state index in [0.29, 0.717) is 11.8 Å². The molecule has 2 N–H and O–H groups in total. The van der Waals surface area contributed by atoms with Gasteiger partial charge in [0.15, 0.2) is 0 Å². The van der Waals surface area contributed by atoms with Crippen LogP contribution in [0.3, 0.4) is 0 Å². The first-order valence-corrected chi connectivity index (χ1v) is 9.63. The molecule has 0 spiro atoms. The minimum atomic E-state index is -0.00636. The molecule has 1 aromatic carbocycles. The van der Waals surface area contributed by atoms with Gasteiger partial charge < -0.3 is 14.5 Å². The van der Waals surface area contributed by atoms with E-state index >= 15 is 0 Å². The van der Waals surface area contributed by atoms with E-state index in [4.69, 9.17) is 10.1 Å². The van der Waals surface area contributed by atoms with Crippen LogP contribution in [0.15, 0.2) is 36.7 Å². The second-order valence-corrected chi connectivity index (χ2v) is 8.03. The highest BCUT2D eigenvalue weighted by Gasteiger charge is 2.40. The minimum Gasteiger partial charge on any atom is -0.488 e. The fourth-order valence-corrected chi connectivity index (χ4v) is 3.36. The number of hydrogen-bond acceptors (Lipinski definition) is 5. The zero-order valence-corrected chi connectivity index (χ0v) is 16.4. The molecule has 2 aromatic rings. The van der Waals surface area contributed by atoms with Crippen LogP contribution in [0.2, 0.25) is 0 Å². The minimum absolute atomic E-state index is 0.00636. The highest BCUT2D eigenvalue weighted by molar-refractivity contribution is 6.08. The summed E-state index contributed by atoms with van der Waals surface area (Å²) in [4.78, 5) is 13.6. The lowest BCUT2D eigenvalue weighted by Crippen LogP contribution is -2.50. The Morgan fingerprint density at radius 1 is 1.22 bits per heavy atom. The van der Waals surface area contributed by atoms with E-state index in [1.165, 1.54) is 0 Å². The summed E-state index contributed by atoms with van der Waals surface area (Å²) in [5.74, 6) is 1.79. The van der Waals surface area contributed by atoms with E-state index in [1.807, 2.05) is 30.3 Å². The Kier molecular flexibility index (Phi) is 4.60. The molecule has 142 valence electrons. The molecule has 0 radical (unpaired) electrons. The molecule has 1 saturated heterocycles. The highest BCUT2D eigenvalue weighted by atomic mass is 16.5. The van der Waals surface area contributed by atoms with Crippen molar-refractivity contribution >= 4 is 11.5 Å². The maximum absolute atomic E-state index is 6.46. The Balaban J connectivity index is 1.53. The van der Waals surface area contributed by atoms with Crippen LogP contribution in [-0.2, 0) is 0 Å². The summed E-state index contributed by atoms with van der Waals surface area (Å²) in [7, 11) is 2.16. The molecule has 1 aliphatic carbocycles. The number of nitrogens with two attached hydrogens (primary N) is 1. The van der Waals surface area contributed by atoms with Gasteiger partial charge in [0.1, 0.15) is 29.2 Å². The lowest BCUT2D eigenvalue weighted by atomic mass is 10.1. The van der Waals surface area contributed by atoms with Crippen LogP contribution in [0.4, 0.5) is 5.82 Å². The summed E-state index contributed by atoms with van der Waals surface area (Å²) in [6, 6.07) is 10.4. The zero-order valence-electron chi connectivity index (χ0n) is 16.4. The summed E-state index contributed by atoms with van der Waals surface area (Å²) in [6.45, 7) is 7.31. The number of nitrogens with zero attached hydrogens (tertiary/aromatic N) is 4. The molecular formula is C21H28N5O+. The highest BCUT2D eigenvalue weighted by Crippen LogP contribution is 2.39. The molecule has 1 aliphatic heterocycles. The summed E-state index contributed by atoms with van der Waals surface area (Å²) in [5, 5.41) is 6.46. The van der Waals surface area contributed by atoms with Crippen LogP contribution in [0.1, 0.15) is 37.9 Å². The van der Waals surface area contributed by atoms with Crippen LogP contribution in [-0.4, -0.2) is 58.9 Å². The lowest BCUT2D eigenvalue weighted by Gasteiger charge is -2.38. The molecule has 2 heterocycles. The smallest absolute Gasteiger partial charge is 0.230 e. The Labute approximate surface area is 160 Å². The standard InChI is InChI=1S/C21H27N5O/c1-15-13-26(10-9-25(15)3)19-12-18(23-14-24-19)20(22)16-5-4-6-17(11-16)27-21(2)7-8-21/h4-6,11-12,14-15,22H,7-10,13H2,1-3H3/p+1/t15-/m0/s1. The molecule has 2 fully saturated rings. The number of hydrogen-bond donors (Lipinski definition) is 1. The first-order valence-electron chi connectivity index (χ1n) is 9.63. The molecule has 1 saturated carbocycles. The Morgan fingerprint density at radius 2 is 2.04 bits per heavy atom. The van der Waals surface area contributed by atoms with Crippen molar-refractivity contribution in [3.05, 3.63) is 47.9 Å². The largest absolute Gasteiger partial charge is 0.488 e. The SMILES string of the molecule is C[C@H]1CN(c2cc(C(=[NH2+])c3cccc(OC4(C)CC4)c3)ncn2)CCN1C. The normalized spacial score (nSPS) is 21.7. The van der Waals surface area contributed by atoms with Gasteiger partial charge in [0.25, 0.3) is 0 Å². The van der Waals surface area contributed by atoms with Gasteiger partial charge >= 0.3 is 0 Å². The van der Waals surface area contributed by atoms with Crippen LogP contribution >= 0.6 is 0 Å². The Bertz CT molecular complexity index is 848. The molecule has 4 rings (SSSR count). The molecule has 1 aromatic heterocycles. The van der Waals surface area contributed by atoms with Gasteiger partial charge in [0.05, 0.1) is 5.56 Å². The van der Waals surface area contributed by atoms with Crippen LogP contribution in [0.25, 0.3) is 0 Å². The first-order chi connectivity index (χ1) is 12.9. The second-order valence-electron chi connectivity index (χ2n) is 8.03. The molecule has 1 atom stereocenters. The third kappa shape index (κ3) is 3.95. The van der Waals surface area contributed by atoms with Crippen LogP contribution in [0, 0.1) is 0 Å². The predicted molar refractivity (Wildman–Crippen MR) is 106 cm³/mol. The van der Waals surface area contributed by atoms with E-state index in [0.717, 1.165) is 55.3 Å². The van der Waals surface area contributed by atoms with Gasteiger partial charge in [-0.3, -0.25) is 5.41 Å². The molecule has 6 nitrogen and oxygen atoms in total. The summed E-state index contributed by atoms with van der Waals surface area (Å²) >= 11 is 0. The van der Waals surface area contributed by atoms with Crippen molar-refractivity contribution in [3.8, 4) is 5.75 Å². The predicted octanol–water partition coefficient (Wildman–Crippen LogP) is 1.14. The van der Waals surface area contributed by atoms with Gasteiger partial charge in [-0.1, -0.05) is 6.07 Å². The van der Waals surface area contributed by atoms with E-state index in [2.05, 4.69) is 40.7 Å². The van der Waals surface area contributed by atoms with Gasteiger partial charge in [0.2, 0.25) is 5.71 Å². The van der Waals surface area contributed by atoms with Crippen LogP contribution < -0.4 is 15.0 Å². The average Bonchev–Trinajstić information content (AvgIpc) is 3.40. The number of rotatable bonds is 5. The lowest BCUT2D eigenvalue weighted by molar-refractivity contribution is -0.111. The van der Waals surface area contributed by atoms with Gasteiger partial charge in [-0.15, -0.1) is 0 Å². The fraction of sp³-hybridized carbons (Fsp3) is 0.476. The third-order valence-electron chi connectivity index (χ3n) is 5.68. The molecule has 0 bridgehead atoms. The van der Waals surface area contributed by atoms with Gasteiger partial charge in [-0.05, 0) is 51.9 Å². The molecular weight excluding hydrogens is 338 g/mol. The topological polar surface area (TPSA) is 67.1 Å². The zero-order chi connectivity index (χ0) is 19.0. The maximum atomic E-state index is 6.46. The first kappa shape index (κ1) is 17.9. The van der Waals surface area contributed by atoms with Crippen molar-refractivity contribution in [1.82, 2.24) is 14.9 Å². The Hall–Kier alpha value is -2.47. The van der Waals surface area contributed by atoms with E-state index < -0.39 is 0 Å². The molecule has 2 aliphatic rings. The number of likely N-dealkylation sites (N-methyl/N-ethyl adjacent to an activating group) is 1. The number of aromatic nitrogens is 2. The fourth-order valence-electron chi connectivity index (χ4n) is 3.36. The quantitative estimate of drug-likeness (QED) is 0.804. The molecule has 0 unspecified atom stereocenters.